The minimum absolute atomic E-state index is 0.0284. The summed E-state index contributed by atoms with van der Waals surface area (Å²) in [5, 5.41) is 34.8. The average Bonchev–Trinajstić information content (AvgIpc) is 3.59. The number of rotatable bonds is 7. The lowest BCUT2D eigenvalue weighted by Crippen LogP contribution is -2.34. The number of aromatic nitrogens is 6. The first-order valence-electron chi connectivity index (χ1n) is 12.3. The number of anilines is 2. The van der Waals surface area contributed by atoms with Crippen LogP contribution in [0.2, 0.25) is 0 Å². The van der Waals surface area contributed by atoms with Crippen LogP contribution in [-0.4, -0.2) is 71.0 Å². The molecule has 0 saturated carbocycles. The van der Waals surface area contributed by atoms with Crippen molar-refractivity contribution in [1.82, 2.24) is 29.4 Å². The highest BCUT2D eigenvalue weighted by molar-refractivity contribution is 5.87. The van der Waals surface area contributed by atoms with Crippen LogP contribution in [-0.2, 0) is 11.8 Å². The number of nitrogen functional groups attached to an aromatic ring is 1. The van der Waals surface area contributed by atoms with Gasteiger partial charge in [0.1, 0.15) is 54.4 Å². The zero-order valence-corrected chi connectivity index (χ0v) is 20.9. The number of hydrogen-bond acceptors (Lipinski definition) is 10. The van der Waals surface area contributed by atoms with Crippen LogP contribution in [0, 0.1) is 0 Å². The standard InChI is InChI=1S/C26H28N8O4/c1-3-28-21-7-5-14-4-6-15(10-18(14)31-21)37-12-20-23(35)24(36)25(38-20)19-11-16(17-8-9-33(2)32-17)22-26(27)29-13-30-34(19)22/h4-11,13,20,23-25,35-36H,3,12H2,1-2H3,(H,28,31)(H2,27,29,30)/t20-,23-,24-,25+/m1/s1. The Bertz CT molecular complexity index is 1620. The molecule has 1 aliphatic heterocycles. The van der Waals surface area contributed by atoms with Crippen LogP contribution < -0.4 is 15.8 Å². The Labute approximate surface area is 217 Å². The van der Waals surface area contributed by atoms with E-state index in [2.05, 4.69) is 25.5 Å². The smallest absolute Gasteiger partial charge is 0.152 e. The van der Waals surface area contributed by atoms with Gasteiger partial charge < -0.3 is 30.7 Å². The fraction of sp³-hybridized carbons (Fsp3) is 0.308. The van der Waals surface area contributed by atoms with Crippen LogP contribution in [0.15, 0.2) is 55.0 Å². The van der Waals surface area contributed by atoms with E-state index >= 15 is 0 Å². The molecule has 12 heteroatoms. The van der Waals surface area contributed by atoms with Gasteiger partial charge in [0.25, 0.3) is 0 Å². The maximum Gasteiger partial charge on any atom is 0.152 e. The second-order valence-electron chi connectivity index (χ2n) is 9.23. The van der Waals surface area contributed by atoms with Crippen molar-refractivity contribution < 1.29 is 19.7 Å². The van der Waals surface area contributed by atoms with Gasteiger partial charge in [-0.25, -0.2) is 14.5 Å². The Morgan fingerprint density at radius 2 is 1.97 bits per heavy atom. The van der Waals surface area contributed by atoms with Crippen LogP contribution in [0.4, 0.5) is 11.6 Å². The molecule has 0 spiro atoms. The SMILES string of the molecule is CCNc1ccc2ccc(OC[C@H]3O[C@@H](c4cc(-c5ccn(C)n5)c5c(N)ncnn45)[C@H](O)[C@@H]3O)cc2n1. The molecule has 0 bridgehead atoms. The Balaban J connectivity index is 1.25. The molecule has 1 aliphatic rings. The summed E-state index contributed by atoms with van der Waals surface area (Å²) < 4.78 is 15.4. The number of nitrogens with zero attached hydrogens (tertiary/aromatic N) is 6. The lowest BCUT2D eigenvalue weighted by molar-refractivity contribution is -0.0187. The van der Waals surface area contributed by atoms with Gasteiger partial charge >= 0.3 is 0 Å². The Kier molecular flexibility index (Phi) is 6.06. The highest BCUT2D eigenvalue weighted by Crippen LogP contribution is 2.39. The highest BCUT2D eigenvalue weighted by Gasteiger charge is 2.45. The molecule has 12 nitrogen and oxygen atoms in total. The number of nitrogens with one attached hydrogen (secondary N) is 1. The monoisotopic (exact) mass is 516 g/mol. The van der Waals surface area contributed by atoms with Crippen molar-refractivity contribution in [3.8, 4) is 17.0 Å². The zero-order valence-electron chi connectivity index (χ0n) is 20.9. The fourth-order valence-corrected chi connectivity index (χ4v) is 4.82. The van der Waals surface area contributed by atoms with Gasteiger partial charge in [0.05, 0.1) is 16.9 Å². The molecular formula is C26H28N8O4. The molecule has 1 fully saturated rings. The summed E-state index contributed by atoms with van der Waals surface area (Å²) in [6.07, 6.45) is -0.896. The number of nitrogens with two attached hydrogens (primary N) is 1. The van der Waals surface area contributed by atoms with Gasteiger partial charge in [0, 0.05) is 36.8 Å². The van der Waals surface area contributed by atoms with E-state index < -0.39 is 24.4 Å². The first kappa shape index (κ1) is 24.1. The lowest BCUT2D eigenvalue weighted by atomic mass is 10.1. The molecule has 1 saturated heterocycles. The predicted molar refractivity (Wildman–Crippen MR) is 141 cm³/mol. The summed E-state index contributed by atoms with van der Waals surface area (Å²) in [4.78, 5) is 8.72. The van der Waals surface area contributed by atoms with Crippen molar-refractivity contribution in [3.63, 3.8) is 0 Å². The molecule has 5 N–H and O–H groups in total. The van der Waals surface area contributed by atoms with E-state index in [1.165, 1.54) is 6.33 Å². The summed E-state index contributed by atoms with van der Waals surface area (Å²) in [6.45, 7) is 2.81. The summed E-state index contributed by atoms with van der Waals surface area (Å²) in [5.74, 6) is 1.63. The minimum atomic E-state index is -1.21. The molecule has 196 valence electrons. The second-order valence-corrected chi connectivity index (χ2v) is 9.23. The molecule has 5 aromatic rings. The Morgan fingerprint density at radius 1 is 1.13 bits per heavy atom. The van der Waals surface area contributed by atoms with Crippen molar-refractivity contribution in [2.45, 2.75) is 31.3 Å². The van der Waals surface area contributed by atoms with Gasteiger partial charge in [-0.15, -0.1) is 0 Å². The van der Waals surface area contributed by atoms with Crippen LogP contribution in [0.1, 0.15) is 18.7 Å². The van der Waals surface area contributed by atoms with Gasteiger partial charge in [-0.3, -0.25) is 4.68 Å². The van der Waals surface area contributed by atoms with Crippen LogP contribution >= 0.6 is 0 Å². The third-order valence-corrected chi connectivity index (χ3v) is 6.69. The lowest BCUT2D eigenvalue weighted by Gasteiger charge is -2.16. The molecule has 0 radical (unpaired) electrons. The molecule has 4 aromatic heterocycles. The van der Waals surface area contributed by atoms with Gasteiger partial charge in [0.2, 0.25) is 0 Å². The molecule has 1 aromatic carbocycles. The average molecular weight is 517 g/mol. The highest BCUT2D eigenvalue weighted by atomic mass is 16.6. The summed E-state index contributed by atoms with van der Waals surface area (Å²) in [6, 6.07) is 13.2. The number of aryl methyl sites for hydroxylation is 1. The molecule has 5 heterocycles. The minimum Gasteiger partial charge on any atom is -0.491 e. The molecular weight excluding hydrogens is 488 g/mol. The van der Waals surface area contributed by atoms with E-state index in [1.807, 2.05) is 62.6 Å². The molecule has 0 aliphatic carbocycles. The van der Waals surface area contributed by atoms with Crippen molar-refractivity contribution >= 4 is 28.1 Å². The normalized spacial score (nSPS) is 21.4. The van der Waals surface area contributed by atoms with E-state index in [1.54, 1.807) is 9.20 Å². The molecule has 38 heavy (non-hydrogen) atoms. The first-order valence-corrected chi connectivity index (χ1v) is 12.3. The van der Waals surface area contributed by atoms with Gasteiger partial charge in [-0.2, -0.15) is 10.2 Å². The van der Waals surface area contributed by atoms with Gasteiger partial charge in [0.15, 0.2) is 5.82 Å². The van der Waals surface area contributed by atoms with E-state index in [-0.39, 0.29) is 12.4 Å². The topological polar surface area (TPSA) is 158 Å². The van der Waals surface area contributed by atoms with Gasteiger partial charge in [-0.05, 0) is 43.3 Å². The Hall–Kier alpha value is -4.26. The summed E-state index contributed by atoms with van der Waals surface area (Å²) in [5.41, 5.74) is 9.42. The second kappa shape index (κ2) is 9.56. The van der Waals surface area contributed by atoms with Crippen molar-refractivity contribution in [2.75, 3.05) is 24.2 Å². The Morgan fingerprint density at radius 3 is 2.76 bits per heavy atom. The number of hydrogen-bond donors (Lipinski definition) is 4. The van der Waals surface area contributed by atoms with Crippen LogP contribution in [0.5, 0.6) is 5.75 Å². The van der Waals surface area contributed by atoms with Gasteiger partial charge in [-0.1, -0.05) is 0 Å². The number of ether oxygens (including phenoxy) is 2. The van der Waals surface area contributed by atoms with E-state index in [0.29, 0.717) is 28.2 Å². The maximum atomic E-state index is 11.0. The summed E-state index contributed by atoms with van der Waals surface area (Å²) in [7, 11) is 1.82. The third kappa shape index (κ3) is 4.18. The van der Waals surface area contributed by atoms with Crippen molar-refractivity contribution in [3.05, 3.63) is 60.7 Å². The molecule has 0 amide bonds. The fourth-order valence-electron chi connectivity index (χ4n) is 4.82. The van der Waals surface area contributed by atoms with Crippen molar-refractivity contribution in [1.29, 1.82) is 0 Å². The van der Waals surface area contributed by atoms with E-state index in [4.69, 9.17) is 15.2 Å². The van der Waals surface area contributed by atoms with Crippen LogP contribution in [0.3, 0.4) is 0 Å². The quantitative estimate of drug-likeness (QED) is 0.252. The van der Waals surface area contributed by atoms with E-state index in [9.17, 15) is 10.2 Å². The molecule has 0 unspecified atom stereocenters. The first-order chi connectivity index (χ1) is 18.4. The zero-order chi connectivity index (χ0) is 26.4. The number of fused-ring (bicyclic) bond motifs is 2. The number of pyridine rings is 1. The van der Waals surface area contributed by atoms with Crippen molar-refractivity contribution in [2.24, 2.45) is 7.05 Å². The summed E-state index contributed by atoms with van der Waals surface area (Å²) >= 11 is 0. The number of benzene rings is 1. The van der Waals surface area contributed by atoms with Crippen LogP contribution in [0.25, 0.3) is 27.7 Å². The molecule has 6 rings (SSSR count). The largest absolute Gasteiger partial charge is 0.491 e. The number of aliphatic hydroxyl groups excluding tert-OH is 2. The number of aliphatic hydroxyl groups is 2. The molecule has 4 atom stereocenters. The predicted octanol–water partition coefficient (Wildman–Crippen LogP) is 1.93. The van der Waals surface area contributed by atoms with E-state index in [0.717, 1.165) is 23.3 Å². The third-order valence-electron chi connectivity index (χ3n) is 6.69. The maximum absolute atomic E-state index is 11.0.